The minimum atomic E-state index is 1.12. The van der Waals surface area contributed by atoms with Crippen molar-refractivity contribution in [2.75, 3.05) is 0 Å². The predicted molar refractivity (Wildman–Crippen MR) is 110 cm³/mol. The SMILES string of the molecule is Brc1ccc2cc(-c3ccc4sc5ccccc5c4c3)ccc2c1. The minimum absolute atomic E-state index is 1.12. The first kappa shape index (κ1) is 14.2. The van der Waals surface area contributed by atoms with Gasteiger partial charge in [0.25, 0.3) is 0 Å². The van der Waals surface area contributed by atoms with Crippen LogP contribution in [0.3, 0.4) is 0 Å². The van der Waals surface area contributed by atoms with Crippen molar-refractivity contribution >= 4 is 58.2 Å². The van der Waals surface area contributed by atoms with Crippen LogP contribution in [-0.2, 0) is 0 Å². The first-order chi connectivity index (χ1) is 11.8. The summed E-state index contributed by atoms with van der Waals surface area (Å²) in [7, 11) is 0. The number of hydrogen-bond donors (Lipinski definition) is 0. The van der Waals surface area contributed by atoms with E-state index >= 15 is 0 Å². The summed E-state index contributed by atoms with van der Waals surface area (Å²) in [6, 6.07) is 28.6. The topological polar surface area (TPSA) is 0 Å². The highest BCUT2D eigenvalue weighted by atomic mass is 79.9. The fourth-order valence-electron chi connectivity index (χ4n) is 3.30. The van der Waals surface area contributed by atoms with Gasteiger partial charge in [0, 0.05) is 24.6 Å². The van der Waals surface area contributed by atoms with Gasteiger partial charge >= 0.3 is 0 Å². The largest absolute Gasteiger partial charge is 0.135 e. The second kappa shape index (κ2) is 5.44. The van der Waals surface area contributed by atoms with E-state index in [-0.39, 0.29) is 0 Å². The van der Waals surface area contributed by atoms with E-state index in [1.807, 2.05) is 11.3 Å². The van der Waals surface area contributed by atoms with Gasteiger partial charge in [0.05, 0.1) is 0 Å². The molecule has 0 spiro atoms. The van der Waals surface area contributed by atoms with Crippen molar-refractivity contribution in [2.24, 2.45) is 0 Å². The average molecular weight is 389 g/mol. The zero-order chi connectivity index (χ0) is 16.1. The van der Waals surface area contributed by atoms with E-state index in [2.05, 4.69) is 94.8 Å². The highest BCUT2D eigenvalue weighted by molar-refractivity contribution is 9.10. The molecule has 0 fully saturated rings. The first-order valence-corrected chi connectivity index (χ1v) is 9.50. The fourth-order valence-corrected chi connectivity index (χ4v) is 4.77. The lowest BCUT2D eigenvalue weighted by Crippen LogP contribution is -1.79. The average Bonchev–Trinajstić information content (AvgIpc) is 2.99. The zero-order valence-corrected chi connectivity index (χ0v) is 15.2. The minimum Gasteiger partial charge on any atom is -0.135 e. The Morgan fingerprint density at radius 1 is 0.583 bits per heavy atom. The van der Waals surface area contributed by atoms with Gasteiger partial charge in [-0.05, 0) is 58.3 Å². The van der Waals surface area contributed by atoms with Crippen LogP contribution in [0.25, 0.3) is 42.1 Å². The van der Waals surface area contributed by atoms with E-state index in [1.54, 1.807) is 0 Å². The van der Waals surface area contributed by atoms with Crippen LogP contribution >= 0.6 is 27.3 Å². The molecule has 0 bridgehead atoms. The Morgan fingerprint density at radius 2 is 1.29 bits per heavy atom. The maximum Gasteiger partial charge on any atom is 0.0355 e. The normalized spacial score (nSPS) is 11.5. The van der Waals surface area contributed by atoms with Crippen LogP contribution in [0.4, 0.5) is 0 Å². The summed E-state index contributed by atoms with van der Waals surface area (Å²) in [4.78, 5) is 0. The molecule has 5 rings (SSSR count). The molecule has 0 radical (unpaired) electrons. The molecule has 114 valence electrons. The molecular weight excluding hydrogens is 376 g/mol. The second-order valence-corrected chi connectivity index (χ2v) is 8.01. The predicted octanol–water partition coefficient (Wildman–Crippen LogP) is 7.64. The maximum atomic E-state index is 3.54. The van der Waals surface area contributed by atoms with E-state index in [9.17, 15) is 0 Å². The van der Waals surface area contributed by atoms with Gasteiger partial charge in [0.15, 0.2) is 0 Å². The van der Waals surface area contributed by atoms with E-state index in [4.69, 9.17) is 0 Å². The Hall–Kier alpha value is -2.16. The Morgan fingerprint density at radius 3 is 2.25 bits per heavy atom. The second-order valence-electron chi connectivity index (χ2n) is 6.02. The Labute approximate surface area is 152 Å². The molecule has 0 unspecified atom stereocenters. The molecule has 0 saturated heterocycles. The van der Waals surface area contributed by atoms with Crippen LogP contribution in [0.2, 0.25) is 0 Å². The van der Waals surface area contributed by atoms with E-state index < -0.39 is 0 Å². The van der Waals surface area contributed by atoms with Crippen molar-refractivity contribution < 1.29 is 0 Å². The first-order valence-electron chi connectivity index (χ1n) is 7.89. The molecule has 24 heavy (non-hydrogen) atoms. The molecule has 0 amide bonds. The fraction of sp³-hybridized carbons (Fsp3) is 0. The molecule has 0 aliphatic rings. The molecule has 4 aromatic carbocycles. The van der Waals surface area contributed by atoms with Crippen LogP contribution in [0.1, 0.15) is 0 Å². The van der Waals surface area contributed by atoms with Gasteiger partial charge in [-0.15, -0.1) is 11.3 Å². The third-order valence-corrected chi connectivity index (χ3v) is 6.16. The summed E-state index contributed by atoms with van der Waals surface area (Å²) < 4.78 is 3.83. The smallest absolute Gasteiger partial charge is 0.0355 e. The number of fused-ring (bicyclic) bond motifs is 4. The monoisotopic (exact) mass is 388 g/mol. The van der Waals surface area contributed by atoms with Crippen LogP contribution in [-0.4, -0.2) is 0 Å². The van der Waals surface area contributed by atoms with Crippen molar-refractivity contribution in [3.63, 3.8) is 0 Å². The molecule has 0 saturated carbocycles. The highest BCUT2D eigenvalue weighted by Crippen LogP contribution is 2.36. The Kier molecular flexibility index (Phi) is 3.22. The molecule has 0 aliphatic carbocycles. The standard InChI is InChI=1S/C22H13BrS/c23-18-9-7-15-11-14(5-6-16(15)12-18)17-8-10-22-20(13-17)19-3-1-2-4-21(19)24-22/h1-13H. The van der Waals surface area contributed by atoms with E-state index in [0.29, 0.717) is 0 Å². The molecule has 0 aliphatic heterocycles. The quantitative estimate of drug-likeness (QED) is 0.276. The lowest BCUT2D eigenvalue weighted by molar-refractivity contribution is 1.67. The molecular formula is C22H13BrS. The summed E-state index contributed by atoms with van der Waals surface area (Å²) in [5.41, 5.74) is 2.54. The van der Waals surface area contributed by atoms with Gasteiger partial charge in [0.2, 0.25) is 0 Å². The van der Waals surface area contributed by atoms with E-state index in [1.165, 1.54) is 42.1 Å². The zero-order valence-electron chi connectivity index (χ0n) is 12.8. The molecule has 0 nitrogen and oxygen atoms in total. The number of hydrogen-bond acceptors (Lipinski definition) is 1. The molecule has 5 aromatic rings. The lowest BCUT2D eigenvalue weighted by Gasteiger charge is -2.05. The number of benzene rings is 4. The van der Waals surface area contributed by atoms with Gasteiger partial charge in [-0.25, -0.2) is 0 Å². The van der Waals surface area contributed by atoms with Gasteiger partial charge in [-0.3, -0.25) is 0 Å². The highest BCUT2D eigenvalue weighted by Gasteiger charge is 2.07. The van der Waals surface area contributed by atoms with Crippen LogP contribution in [0.15, 0.2) is 83.3 Å². The molecule has 1 aromatic heterocycles. The van der Waals surface area contributed by atoms with Crippen molar-refractivity contribution in [1.82, 2.24) is 0 Å². The van der Waals surface area contributed by atoms with Crippen molar-refractivity contribution in [3.05, 3.63) is 83.3 Å². The van der Waals surface area contributed by atoms with Crippen LogP contribution < -0.4 is 0 Å². The molecule has 1 heterocycles. The van der Waals surface area contributed by atoms with Crippen molar-refractivity contribution in [3.8, 4) is 11.1 Å². The van der Waals surface area contributed by atoms with Gasteiger partial charge < -0.3 is 0 Å². The summed E-state index contributed by atoms with van der Waals surface area (Å²) >= 11 is 5.41. The lowest BCUT2D eigenvalue weighted by atomic mass is 10.00. The van der Waals surface area contributed by atoms with Crippen LogP contribution in [0, 0.1) is 0 Å². The van der Waals surface area contributed by atoms with Crippen LogP contribution in [0.5, 0.6) is 0 Å². The van der Waals surface area contributed by atoms with Gasteiger partial charge in [-0.2, -0.15) is 0 Å². The number of rotatable bonds is 1. The summed E-state index contributed by atoms with van der Waals surface area (Å²) in [5.74, 6) is 0. The Bertz CT molecular complexity index is 1220. The van der Waals surface area contributed by atoms with Crippen molar-refractivity contribution in [2.45, 2.75) is 0 Å². The Balaban J connectivity index is 1.73. The number of thiophene rings is 1. The molecule has 0 N–H and O–H groups in total. The third-order valence-electron chi connectivity index (χ3n) is 4.51. The molecule has 2 heteroatoms. The third kappa shape index (κ3) is 2.26. The molecule has 0 atom stereocenters. The van der Waals surface area contributed by atoms with Crippen molar-refractivity contribution in [1.29, 1.82) is 0 Å². The van der Waals surface area contributed by atoms with Gasteiger partial charge in [0.1, 0.15) is 0 Å². The van der Waals surface area contributed by atoms with Gasteiger partial charge in [-0.1, -0.05) is 58.4 Å². The summed E-state index contributed by atoms with van der Waals surface area (Å²) in [6.07, 6.45) is 0. The maximum absolute atomic E-state index is 3.54. The summed E-state index contributed by atoms with van der Waals surface area (Å²) in [6.45, 7) is 0. The van der Waals surface area contributed by atoms with E-state index in [0.717, 1.165) is 4.47 Å². The number of halogens is 1. The summed E-state index contributed by atoms with van der Waals surface area (Å²) in [5, 5.41) is 5.23.